The topological polar surface area (TPSA) is 60.7 Å². The fraction of sp³-hybridized carbons (Fsp3) is 0.378. The average Bonchev–Trinajstić information content (AvgIpc) is 3.37. The summed E-state index contributed by atoms with van der Waals surface area (Å²) < 4.78 is 28.9. The van der Waals surface area contributed by atoms with Gasteiger partial charge in [0.2, 0.25) is 0 Å². The molecule has 0 bridgehead atoms. The summed E-state index contributed by atoms with van der Waals surface area (Å²) in [6, 6.07) is 21.8. The van der Waals surface area contributed by atoms with Gasteiger partial charge in [-0.25, -0.2) is 9.18 Å². The van der Waals surface area contributed by atoms with Gasteiger partial charge in [0.15, 0.2) is 0 Å². The van der Waals surface area contributed by atoms with E-state index in [0.29, 0.717) is 37.4 Å². The van der Waals surface area contributed by atoms with Crippen LogP contribution in [0, 0.1) is 12.7 Å². The minimum absolute atomic E-state index is 0.178. The number of rotatable bonds is 8. The predicted molar refractivity (Wildman–Crippen MR) is 168 cm³/mol. The molecule has 6 heteroatoms. The lowest BCUT2D eigenvalue weighted by Crippen LogP contribution is -2.20. The van der Waals surface area contributed by atoms with Crippen molar-refractivity contribution in [1.29, 1.82) is 0 Å². The van der Waals surface area contributed by atoms with Gasteiger partial charge in [0.1, 0.15) is 18.2 Å². The molecule has 0 spiro atoms. The lowest BCUT2D eigenvalue weighted by Gasteiger charge is -2.31. The molecule has 2 fully saturated rings. The Bertz CT molecular complexity index is 1650. The van der Waals surface area contributed by atoms with Crippen molar-refractivity contribution in [3.05, 3.63) is 106 Å². The van der Waals surface area contributed by atoms with E-state index in [9.17, 15) is 14.3 Å². The minimum Gasteiger partial charge on any atom is -0.489 e. The molecule has 1 unspecified atom stereocenters. The molecule has 6 rings (SSSR count). The molecular formula is C37H40FNO4. The molecule has 2 aliphatic rings. The summed E-state index contributed by atoms with van der Waals surface area (Å²) in [5, 5.41) is 11.1. The van der Waals surface area contributed by atoms with Gasteiger partial charge in [0.05, 0.1) is 5.52 Å². The number of aliphatic carboxylic acids is 1. The number of carboxylic acid groups (broad SMARTS) is 1. The number of carbonyl (C=O) groups is 1. The van der Waals surface area contributed by atoms with Crippen LogP contribution in [0.4, 0.5) is 4.39 Å². The Kier molecular flexibility index (Phi) is 8.66. The van der Waals surface area contributed by atoms with Gasteiger partial charge in [-0.3, -0.25) is 0 Å². The molecule has 1 atom stereocenters. The summed E-state index contributed by atoms with van der Waals surface area (Å²) in [4.78, 5) is 12.2. The zero-order chi connectivity index (χ0) is 29.9. The zero-order valence-corrected chi connectivity index (χ0v) is 25.1. The maximum absolute atomic E-state index is 14.5. The van der Waals surface area contributed by atoms with Gasteiger partial charge in [-0.15, -0.1) is 0 Å². The molecule has 0 amide bonds. The number of hydrogen-bond acceptors (Lipinski definition) is 3. The molecule has 43 heavy (non-hydrogen) atoms. The first kappa shape index (κ1) is 29.2. The number of fused-ring (bicyclic) bond motifs is 1. The zero-order valence-electron chi connectivity index (χ0n) is 25.1. The highest BCUT2D eigenvalue weighted by molar-refractivity contribution is 5.90. The lowest BCUT2D eigenvalue weighted by molar-refractivity contribution is -0.132. The third-order valence-electron chi connectivity index (χ3n) is 9.24. The first-order valence-electron chi connectivity index (χ1n) is 15.6. The van der Waals surface area contributed by atoms with Crippen LogP contribution in [-0.4, -0.2) is 28.9 Å². The van der Waals surface area contributed by atoms with Crippen LogP contribution in [0.15, 0.2) is 77.9 Å². The van der Waals surface area contributed by atoms with Crippen molar-refractivity contribution in [2.75, 3.05) is 13.2 Å². The van der Waals surface area contributed by atoms with E-state index in [1.807, 2.05) is 50.2 Å². The largest absolute Gasteiger partial charge is 0.489 e. The maximum atomic E-state index is 14.5. The van der Waals surface area contributed by atoms with Crippen molar-refractivity contribution in [2.45, 2.75) is 77.2 Å². The summed E-state index contributed by atoms with van der Waals surface area (Å²) in [5.41, 5.74) is 7.89. The van der Waals surface area contributed by atoms with Crippen LogP contribution in [0.3, 0.4) is 0 Å². The second-order valence-electron chi connectivity index (χ2n) is 11.9. The highest BCUT2D eigenvalue weighted by Crippen LogP contribution is 2.48. The van der Waals surface area contributed by atoms with Gasteiger partial charge < -0.3 is 19.1 Å². The molecule has 1 saturated heterocycles. The Hall–Kier alpha value is -3.90. The summed E-state index contributed by atoms with van der Waals surface area (Å²) in [7, 11) is 0. The van der Waals surface area contributed by atoms with Crippen LogP contribution < -0.4 is 4.74 Å². The maximum Gasteiger partial charge on any atom is 0.331 e. The summed E-state index contributed by atoms with van der Waals surface area (Å²) in [5.74, 6) is 0.234. The van der Waals surface area contributed by atoms with Crippen LogP contribution in [0.2, 0.25) is 0 Å². The van der Waals surface area contributed by atoms with Gasteiger partial charge in [-0.2, -0.15) is 0 Å². The van der Waals surface area contributed by atoms with E-state index >= 15 is 0 Å². The molecule has 1 aromatic heterocycles. The smallest absolute Gasteiger partial charge is 0.331 e. The van der Waals surface area contributed by atoms with E-state index in [2.05, 4.69) is 28.8 Å². The van der Waals surface area contributed by atoms with Crippen LogP contribution in [0.25, 0.3) is 16.6 Å². The third kappa shape index (κ3) is 5.98. The number of aromatic nitrogens is 1. The van der Waals surface area contributed by atoms with Gasteiger partial charge in [0, 0.05) is 41.5 Å². The van der Waals surface area contributed by atoms with E-state index in [4.69, 9.17) is 9.47 Å². The van der Waals surface area contributed by atoms with E-state index in [0.717, 1.165) is 72.0 Å². The number of ether oxygens (including phenoxy) is 2. The average molecular weight is 582 g/mol. The third-order valence-corrected chi connectivity index (χ3v) is 9.24. The fourth-order valence-corrected chi connectivity index (χ4v) is 7.13. The van der Waals surface area contributed by atoms with Crippen LogP contribution in [0.1, 0.15) is 86.1 Å². The van der Waals surface area contributed by atoms with Crippen molar-refractivity contribution >= 4 is 16.9 Å². The predicted octanol–water partition coefficient (Wildman–Crippen LogP) is 9.00. The highest BCUT2D eigenvalue weighted by Gasteiger charge is 2.33. The Balaban J connectivity index is 1.55. The molecule has 1 aliphatic carbocycles. The molecule has 0 radical (unpaired) electrons. The van der Waals surface area contributed by atoms with Crippen LogP contribution >= 0.6 is 0 Å². The second-order valence-corrected chi connectivity index (χ2v) is 11.9. The van der Waals surface area contributed by atoms with Crippen molar-refractivity contribution in [1.82, 2.24) is 4.57 Å². The van der Waals surface area contributed by atoms with E-state index < -0.39 is 5.97 Å². The molecule has 1 aliphatic heterocycles. The van der Waals surface area contributed by atoms with Gasteiger partial charge in [-0.05, 0) is 111 Å². The standard InChI is InChI=1S/C37H40FNO4/c1-3-31(37(40)41)27-10-7-11-28(21-27)35-32-22-30(43-23-25-8-5-4-6-9-25)13-15-34(32)39(29-12-14-33(38)24(2)20-29)36(35)26-16-18-42-19-17-26/h4-6,8-9,12-15,20,22,26,28H,3,7,10-11,16-19,21,23H2,1-2H3,(H,40,41). The van der Waals surface area contributed by atoms with Crippen molar-refractivity contribution in [3.8, 4) is 11.4 Å². The van der Waals surface area contributed by atoms with Crippen molar-refractivity contribution in [3.63, 3.8) is 0 Å². The number of allylic oxidation sites excluding steroid dienone is 1. The molecule has 224 valence electrons. The van der Waals surface area contributed by atoms with Crippen molar-refractivity contribution < 1.29 is 23.8 Å². The molecular weight excluding hydrogens is 541 g/mol. The van der Waals surface area contributed by atoms with Crippen LogP contribution in [-0.2, 0) is 16.1 Å². The Labute approximate surface area is 252 Å². The Morgan fingerprint density at radius 2 is 1.81 bits per heavy atom. The number of nitrogens with zero attached hydrogens (tertiary/aromatic N) is 1. The molecule has 5 nitrogen and oxygen atoms in total. The van der Waals surface area contributed by atoms with Gasteiger partial charge >= 0.3 is 5.97 Å². The fourth-order valence-electron chi connectivity index (χ4n) is 7.13. The number of benzene rings is 3. The van der Waals surface area contributed by atoms with E-state index in [1.54, 1.807) is 6.07 Å². The lowest BCUT2D eigenvalue weighted by atomic mass is 9.76. The quantitative estimate of drug-likeness (QED) is 0.211. The van der Waals surface area contributed by atoms with E-state index in [-0.39, 0.29) is 17.7 Å². The number of halogens is 1. The Morgan fingerprint density at radius 1 is 1.02 bits per heavy atom. The summed E-state index contributed by atoms with van der Waals surface area (Å²) in [6.07, 6.45) is 5.86. The van der Waals surface area contributed by atoms with E-state index in [1.165, 1.54) is 11.3 Å². The first-order chi connectivity index (χ1) is 20.9. The summed E-state index contributed by atoms with van der Waals surface area (Å²) in [6.45, 7) is 5.63. The number of aryl methyl sites for hydroxylation is 1. The summed E-state index contributed by atoms with van der Waals surface area (Å²) >= 11 is 0. The molecule has 3 aromatic carbocycles. The van der Waals surface area contributed by atoms with Gasteiger partial charge in [-0.1, -0.05) is 42.8 Å². The molecule has 1 saturated carbocycles. The van der Waals surface area contributed by atoms with Crippen molar-refractivity contribution in [2.24, 2.45) is 0 Å². The van der Waals surface area contributed by atoms with Gasteiger partial charge in [0.25, 0.3) is 0 Å². The number of hydrogen-bond donors (Lipinski definition) is 1. The SMILES string of the molecule is CCC(C(=O)O)=C1CCCC(c2c(C3CCOCC3)n(-c3ccc(F)c(C)c3)c3ccc(OCc4ccccc4)cc23)C1. The number of carboxylic acids is 1. The highest BCUT2D eigenvalue weighted by atomic mass is 19.1. The first-order valence-corrected chi connectivity index (χ1v) is 15.6. The molecule has 1 N–H and O–H groups in total. The molecule has 4 aromatic rings. The molecule has 2 heterocycles. The Morgan fingerprint density at radius 3 is 2.53 bits per heavy atom. The minimum atomic E-state index is -0.802. The second kappa shape index (κ2) is 12.8. The normalized spacial score (nSPS) is 19.0. The monoisotopic (exact) mass is 581 g/mol. The van der Waals surface area contributed by atoms with Crippen LogP contribution in [0.5, 0.6) is 5.75 Å².